The number of hydrogen-bond donors (Lipinski definition) is 0. The van der Waals surface area contributed by atoms with Crippen LogP contribution in [0.25, 0.3) is 0 Å². The van der Waals surface area contributed by atoms with Gasteiger partial charge in [0.05, 0.1) is 12.3 Å². The maximum Gasteiger partial charge on any atom is 0.213 e. The van der Waals surface area contributed by atoms with Crippen LogP contribution in [-0.4, -0.2) is 58.8 Å². The number of aryl methyl sites for hydroxylation is 1. The van der Waals surface area contributed by atoms with Gasteiger partial charge in [0.25, 0.3) is 0 Å². The van der Waals surface area contributed by atoms with Crippen molar-refractivity contribution in [3.8, 4) is 5.88 Å². The molecule has 0 radical (unpaired) electrons. The first kappa shape index (κ1) is 16.5. The molecule has 2 aliphatic rings. The van der Waals surface area contributed by atoms with Crippen molar-refractivity contribution in [3.05, 3.63) is 41.9 Å². The maximum atomic E-state index is 5.90. The molecule has 0 N–H and O–H groups in total. The minimum Gasteiger partial charge on any atom is -0.477 e. The Balaban J connectivity index is 1.31. The highest BCUT2D eigenvalue weighted by Gasteiger charge is 2.49. The summed E-state index contributed by atoms with van der Waals surface area (Å²) in [5.41, 5.74) is 1.32. The van der Waals surface area contributed by atoms with Crippen molar-refractivity contribution in [2.45, 2.75) is 31.8 Å². The van der Waals surface area contributed by atoms with Crippen LogP contribution in [0.2, 0.25) is 0 Å². The van der Waals surface area contributed by atoms with Gasteiger partial charge in [0, 0.05) is 43.5 Å². The zero-order valence-corrected chi connectivity index (χ0v) is 15.0. The van der Waals surface area contributed by atoms with Crippen LogP contribution in [0, 0.1) is 12.8 Å². The van der Waals surface area contributed by atoms with Crippen LogP contribution in [0.4, 0.5) is 0 Å². The lowest BCUT2D eigenvalue weighted by Gasteiger charge is -2.58. The number of piperidine rings is 1. The molecular weight excluding hydrogens is 316 g/mol. The summed E-state index contributed by atoms with van der Waals surface area (Å²) in [6.45, 7) is 6.89. The molecule has 0 bridgehead atoms. The average Bonchev–Trinajstić information content (AvgIpc) is 3.00. The summed E-state index contributed by atoms with van der Waals surface area (Å²) >= 11 is 0. The molecule has 1 spiro atoms. The van der Waals surface area contributed by atoms with E-state index in [4.69, 9.17) is 9.26 Å². The molecule has 0 unspecified atom stereocenters. The standard InChI is InChI=1S/C19H26N4O2/c1-15-9-17(21-25-15)11-23-13-19(14-23)10-16(6-8-22(19)2)12-24-18-5-3-4-7-20-18/h3-5,7,9,16H,6,8,10-14H2,1-2H3/t16-/m1/s1. The van der Waals surface area contributed by atoms with Gasteiger partial charge in [-0.2, -0.15) is 0 Å². The summed E-state index contributed by atoms with van der Waals surface area (Å²) in [4.78, 5) is 9.24. The Morgan fingerprint density at radius 3 is 2.96 bits per heavy atom. The van der Waals surface area contributed by atoms with Crippen LogP contribution in [0.1, 0.15) is 24.3 Å². The molecule has 6 heteroatoms. The molecule has 25 heavy (non-hydrogen) atoms. The van der Waals surface area contributed by atoms with Gasteiger partial charge < -0.3 is 9.26 Å². The molecule has 6 nitrogen and oxygen atoms in total. The van der Waals surface area contributed by atoms with Crippen molar-refractivity contribution in [2.75, 3.05) is 33.3 Å². The van der Waals surface area contributed by atoms with Gasteiger partial charge in [0.15, 0.2) is 0 Å². The van der Waals surface area contributed by atoms with Crippen LogP contribution in [0.15, 0.2) is 35.0 Å². The van der Waals surface area contributed by atoms with Gasteiger partial charge >= 0.3 is 0 Å². The highest BCUT2D eigenvalue weighted by Crippen LogP contribution is 2.38. The van der Waals surface area contributed by atoms with E-state index in [2.05, 4.69) is 27.0 Å². The molecular formula is C19H26N4O2. The zero-order chi connectivity index (χ0) is 17.3. The molecule has 0 saturated carbocycles. The Labute approximate surface area is 148 Å². The fourth-order valence-corrected chi connectivity index (χ4v) is 4.18. The Morgan fingerprint density at radius 2 is 2.24 bits per heavy atom. The molecule has 0 aromatic carbocycles. The van der Waals surface area contributed by atoms with Crippen LogP contribution in [0.3, 0.4) is 0 Å². The molecule has 4 rings (SSSR count). The largest absolute Gasteiger partial charge is 0.477 e. The lowest BCUT2D eigenvalue weighted by Crippen LogP contribution is -2.71. The Bertz CT molecular complexity index is 696. The Hall–Kier alpha value is -1.92. The second-order valence-corrected chi connectivity index (χ2v) is 7.56. The lowest BCUT2D eigenvalue weighted by atomic mass is 9.75. The number of nitrogens with zero attached hydrogens (tertiary/aromatic N) is 4. The highest BCUT2D eigenvalue weighted by atomic mass is 16.5. The summed E-state index contributed by atoms with van der Waals surface area (Å²) in [6.07, 6.45) is 4.15. The normalized spacial score (nSPS) is 23.5. The molecule has 134 valence electrons. The molecule has 0 aliphatic carbocycles. The van der Waals surface area contributed by atoms with E-state index in [1.807, 2.05) is 31.2 Å². The summed E-state index contributed by atoms with van der Waals surface area (Å²) in [5, 5.41) is 4.11. The van der Waals surface area contributed by atoms with E-state index in [0.29, 0.717) is 5.92 Å². The van der Waals surface area contributed by atoms with Gasteiger partial charge in [-0.25, -0.2) is 4.98 Å². The predicted molar refractivity (Wildman–Crippen MR) is 94.3 cm³/mol. The second-order valence-electron chi connectivity index (χ2n) is 7.56. The summed E-state index contributed by atoms with van der Waals surface area (Å²) < 4.78 is 11.1. The average molecular weight is 342 g/mol. The second kappa shape index (κ2) is 6.77. The molecule has 2 fully saturated rings. The van der Waals surface area contributed by atoms with Crippen LogP contribution in [-0.2, 0) is 6.54 Å². The fourth-order valence-electron chi connectivity index (χ4n) is 4.18. The smallest absolute Gasteiger partial charge is 0.213 e. The number of likely N-dealkylation sites (tertiary alicyclic amines) is 2. The Kier molecular flexibility index (Phi) is 4.48. The third-order valence-corrected chi connectivity index (χ3v) is 5.55. The topological polar surface area (TPSA) is 54.6 Å². The van der Waals surface area contributed by atoms with Crippen LogP contribution >= 0.6 is 0 Å². The van der Waals surface area contributed by atoms with E-state index >= 15 is 0 Å². The molecule has 2 aromatic rings. The maximum absolute atomic E-state index is 5.90. The molecule has 2 saturated heterocycles. The van der Waals surface area contributed by atoms with Gasteiger partial charge in [-0.1, -0.05) is 11.2 Å². The van der Waals surface area contributed by atoms with E-state index in [9.17, 15) is 0 Å². The van der Waals surface area contributed by atoms with Gasteiger partial charge in [0.1, 0.15) is 5.76 Å². The van der Waals surface area contributed by atoms with Gasteiger partial charge in [-0.3, -0.25) is 9.80 Å². The van der Waals surface area contributed by atoms with Gasteiger partial charge in [0.2, 0.25) is 5.88 Å². The molecule has 2 aromatic heterocycles. The summed E-state index contributed by atoms with van der Waals surface area (Å²) in [7, 11) is 2.26. The third-order valence-electron chi connectivity index (χ3n) is 5.55. The van der Waals surface area contributed by atoms with E-state index in [-0.39, 0.29) is 5.54 Å². The van der Waals surface area contributed by atoms with Crippen LogP contribution in [0.5, 0.6) is 5.88 Å². The zero-order valence-electron chi connectivity index (χ0n) is 15.0. The van der Waals surface area contributed by atoms with E-state index in [0.717, 1.165) is 50.1 Å². The minimum atomic E-state index is 0.287. The van der Waals surface area contributed by atoms with E-state index < -0.39 is 0 Å². The van der Waals surface area contributed by atoms with Gasteiger partial charge in [-0.15, -0.1) is 0 Å². The molecule has 2 aliphatic heterocycles. The van der Waals surface area contributed by atoms with Crippen molar-refractivity contribution < 1.29 is 9.26 Å². The number of pyridine rings is 1. The third kappa shape index (κ3) is 3.55. The quantitative estimate of drug-likeness (QED) is 0.831. The number of likely N-dealkylation sites (N-methyl/N-ethyl adjacent to an activating group) is 1. The van der Waals surface area contributed by atoms with E-state index in [1.54, 1.807) is 6.20 Å². The van der Waals surface area contributed by atoms with Crippen molar-refractivity contribution in [3.63, 3.8) is 0 Å². The summed E-state index contributed by atoms with van der Waals surface area (Å²) in [6, 6.07) is 7.83. The van der Waals surface area contributed by atoms with Gasteiger partial charge in [-0.05, 0) is 45.3 Å². The highest BCUT2D eigenvalue weighted by molar-refractivity contribution is 5.11. The molecule has 4 heterocycles. The SMILES string of the molecule is Cc1cc(CN2CC3(C[C@H](COc4ccccn4)CCN3C)C2)no1. The minimum absolute atomic E-state index is 0.287. The monoisotopic (exact) mass is 342 g/mol. The number of rotatable bonds is 5. The number of hydrogen-bond acceptors (Lipinski definition) is 6. The van der Waals surface area contributed by atoms with Crippen molar-refractivity contribution >= 4 is 0 Å². The number of ether oxygens (including phenoxy) is 1. The summed E-state index contributed by atoms with van der Waals surface area (Å²) in [5.74, 6) is 2.20. The lowest BCUT2D eigenvalue weighted by molar-refractivity contribution is -0.0880. The first-order valence-corrected chi connectivity index (χ1v) is 9.03. The molecule has 0 amide bonds. The molecule has 1 atom stereocenters. The van der Waals surface area contributed by atoms with Crippen molar-refractivity contribution in [1.82, 2.24) is 19.9 Å². The first-order valence-electron chi connectivity index (χ1n) is 9.03. The fraction of sp³-hybridized carbons (Fsp3) is 0.579. The van der Waals surface area contributed by atoms with Crippen molar-refractivity contribution in [1.29, 1.82) is 0 Å². The van der Waals surface area contributed by atoms with Crippen molar-refractivity contribution in [2.24, 2.45) is 5.92 Å². The Morgan fingerprint density at radius 1 is 1.36 bits per heavy atom. The predicted octanol–water partition coefficient (Wildman–Crippen LogP) is 2.35. The van der Waals surface area contributed by atoms with E-state index in [1.165, 1.54) is 12.8 Å². The number of aromatic nitrogens is 2. The van der Waals surface area contributed by atoms with Crippen LogP contribution < -0.4 is 4.74 Å². The first-order chi connectivity index (χ1) is 12.1.